The van der Waals surface area contributed by atoms with E-state index in [0.29, 0.717) is 17.4 Å². The van der Waals surface area contributed by atoms with E-state index < -0.39 is 0 Å². The molecule has 0 spiro atoms. The summed E-state index contributed by atoms with van der Waals surface area (Å²) in [5.74, 6) is 1.24. The highest BCUT2D eigenvalue weighted by Gasteiger charge is 2.27. The molecule has 0 aromatic rings. The monoisotopic (exact) mass is 525 g/mol. The first-order chi connectivity index (χ1) is 18.5. The molecule has 210 valence electrons. The summed E-state index contributed by atoms with van der Waals surface area (Å²) in [4.78, 5) is 4.65. The maximum atomic E-state index is 9.55. The Morgan fingerprint density at radius 3 is 2.26 bits per heavy atom. The van der Waals surface area contributed by atoms with Crippen LogP contribution in [0.1, 0.15) is 66.7 Å². The normalized spacial score (nSPS) is 16.4. The molecule has 0 aliphatic heterocycles. The van der Waals surface area contributed by atoms with Gasteiger partial charge in [-0.3, -0.25) is 4.99 Å². The van der Waals surface area contributed by atoms with Crippen molar-refractivity contribution < 1.29 is 0 Å². The summed E-state index contributed by atoms with van der Waals surface area (Å²) in [6, 6.07) is 2.24. The SMILES string of the molecule is C=C/C=C(C#N)\C=C(/C=C)C(C)\C=C(CC(=C)C1CC1)/C(C(/C)=N\C)=C(\CC(=C)CCNCC(C)C)C(=C)C. The van der Waals surface area contributed by atoms with E-state index >= 15 is 0 Å². The maximum Gasteiger partial charge on any atom is 0.0991 e. The molecule has 1 saturated carbocycles. The molecule has 1 rings (SSSR count). The molecule has 0 saturated heterocycles. The van der Waals surface area contributed by atoms with Gasteiger partial charge in [-0.05, 0) is 106 Å². The first-order valence-electron chi connectivity index (χ1n) is 14.1. The third kappa shape index (κ3) is 12.0. The van der Waals surface area contributed by atoms with Crippen LogP contribution in [0.15, 0.2) is 113 Å². The van der Waals surface area contributed by atoms with Crippen molar-refractivity contribution in [3.63, 3.8) is 0 Å². The van der Waals surface area contributed by atoms with Gasteiger partial charge in [-0.15, -0.1) is 0 Å². The van der Waals surface area contributed by atoms with Gasteiger partial charge in [-0.1, -0.05) is 88.6 Å². The number of nitriles is 1. The van der Waals surface area contributed by atoms with Crippen LogP contribution < -0.4 is 5.32 Å². The highest BCUT2D eigenvalue weighted by atomic mass is 14.8. The standard InChI is InChI=1S/C36H51N3/c1-12-14-31(23-37)22-32(13-2)28(8)20-34(21-29(9)33-15-16-33)36(30(10)38-11)35(26(5)6)19-27(7)17-18-39-24-25(3)4/h12-14,20,22,25,28,33,39H,1-2,5,7,9,15-19,21,24H2,3-4,6,8,10-11H3/b31-14+,32-22+,34-20-,36-35+,38-30-. The van der Waals surface area contributed by atoms with Crippen LogP contribution in [0.2, 0.25) is 0 Å². The molecule has 1 aliphatic carbocycles. The fourth-order valence-electron chi connectivity index (χ4n) is 4.51. The molecule has 3 nitrogen and oxygen atoms in total. The average Bonchev–Trinajstić information content (AvgIpc) is 3.73. The number of nitrogens with one attached hydrogen (secondary N) is 1. The lowest BCUT2D eigenvalue weighted by Crippen LogP contribution is -2.21. The van der Waals surface area contributed by atoms with Gasteiger partial charge in [0, 0.05) is 18.3 Å². The number of hydrogen-bond donors (Lipinski definition) is 1. The van der Waals surface area contributed by atoms with Crippen LogP contribution in [0, 0.1) is 29.1 Å². The Morgan fingerprint density at radius 1 is 1.10 bits per heavy atom. The lowest BCUT2D eigenvalue weighted by Gasteiger charge is -2.22. The Labute approximate surface area is 239 Å². The predicted octanol–water partition coefficient (Wildman–Crippen LogP) is 9.20. The molecule has 0 amide bonds. The molecule has 1 fully saturated rings. The van der Waals surface area contributed by atoms with Gasteiger partial charge < -0.3 is 5.32 Å². The van der Waals surface area contributed by atoms with Gasteiger partial charge in [0.05, 0.1) is 11.6 Å². The van der Waals surface area contributed by atoms with Gasteiger partial charge in [-0.25, -0.2) is 0 Å². The number of hydrogen-bond acceptors (Lipinski definition) is 3. The topological polar surface area (TPSA) is 48.2 Å². The van der Waals surface area contributed by atoms with E-state index in [0.717, 1.165) is 54.8 Å². The molecule has 39 heavy (non-hydrogen) atoms. The maximum absolute atomic E-state index is 9.55. The van der Waals surface area contributed by atoms with Crippen molar-refractivity contribution in [3.8, 4) is 6.07 Å². The van der Waals surface area contributed by atoms with Crippen LogP contribution in [-0.2, 0) is 0 Å². The van der Waals surface area contributed by atoms with Gasteiger partial charge >= 0.3 is 0 Å². The summed E-state index contributed by atoms with van der Waals surface area (Å²) >= 11 is 0. The summed E-state index contributed by atoms with van der Waals surface area (Å²) in [7, 11) is 1.85. The molecule has 1 atom stereocenters. The summed E-state index contributed by atoms with van der Waals surface area (Å²) < 4.78 is 0. The molecule has 0 radical (unpaired) electrons. The van der Waals surface area contributed by atoms with Crippen molar-refractivity contribution in [2.24, 2.45) is 22.7 Å². The third-order valence-corrected chi connectivity index (χ3v) is 7.00. The van der Waals surface area contributed by atoms with Crippen LogP contribution in [0.25, 0.3) is 0 Å². The summed E-state index contributed by atoms with van der Waals surface area (Å²) in [5, 5.41) is 13.1. The Morgan fingerprint density at radius 2 is 1.77 bits per heavy atom. The molecule has 1 unspecified atom stereocenters. The van der Waals surface area contributed by atoms with E-state index in [9.17, 15) is 5.26 Å². The fraction of sp³-hybridized carbons (Fsp3) is 0.444. The van der Waals surface area contributed by atoms with E-state index in [-0.39, 0.29) is 5.92 Å². The highest BCUT2D eigenvalue weighted by molar-refractivity contribution is 6.03. The van der Waals surface area contributed by atoms with Crippen molar-refractivity contribution >= 4 is 5.71 Å². The Balaban J connectivity index is 3.62. The second kappa shape index (κ2) is 17.4. The highest BCUT2D eigenvalue weighted by Crippen LogP contribution is 2.41. The number of allylic oxidation sites excluding steroid dienone is 12. The minimum Gasteiger partial charge on any atom is -0.316 e. The Bertz CT molecular complexity index is 1120. The first-order valence-corrected chi connectivity index (χ1v) is 14.1. The summed E-state index contributed by atoms with van der Waals surface area (Å²) in [5.41, 5.74) is 9.50. The lowest BCUT2D eigenvalue weighted by molar-refractivity contribution is 0.552. The lowest BCUT2D eigenvalue weighted by atomic mass is 9.83. The van der Waals surface area contributed by atoms with Crippen LogP contribution in [-0.4, -0.2) is 25.8 Å². The first kappa shape index (κ1) is 33.8. The summed E-state index contributed by atoms with van der Waals surface area (Å²) in [6.45, 7) is 33.7. The molecule has 0 bridgehead atoms. The molecule has 3 heteroatoms. The molecular formula is C36H51N3. The van der Waals surface area contributed by atoms with Gasteiger partial charge in [-0.2, -0.15) is 5.26 Å². The molecule has 0 heterocycles. The second-order valence-electron chi connectivity index (χ2n) is 11.1. The minimum atomic E-state index is 0.0283. The Hall–Kier alpha value is -3.22. The van der Waals surface area contributed by atoms with E-state index in [1.165, 1.54) is 35.1 Å². The van der Waals surface area contributed by atoms with E-state index in [1.807, 2.05) is 19.2 Å². The average molecular weight is 526 g/mol. The molecule has 0 aromatic carbocycles. The zero-order chi connectivity index (χ0) is 29.5. The van der Waals surface area contributed by atoms with E-state index in [4.69, 9.17) is 0 Å². The van der Waals surface area contributed by atoms with Crippen molar-refractivity contribution in [2.45, 2.75) is 66.7 Å². The van der Waals surface area contributed by atoms with Crippen molar-refractivity contribution in [1.29, 1.82) is 5.26 Å². The van der Waals surface area contributed by atoms with Crippen molar-refractivity contribution in [1.82, 2.24) is 5.32 Å². The molecule has 0 aromatic heterocycles. The van der Waals surface area contributed by atoms with E-state index in [2.05, 4.69) is 90.0 Å². The number of nitrogens with zero attached hydrogens (tertiary/aromatic N) is 2. The zero-order valence-electron chi connectivity index (χ0n) is 25.5. The molecular weight excluding hydrogens is 474 g/mol. The smallest absolute Gasteiger partial charge is 0.0991 e. The van der Waals surface area contributed by atoms with Gasteiger partial charge in [0.2, 0.25) is 0 Å². The van der Waals surface area contributed by atoms with E-state index in [1.54, 1.807) is 12.2 Å². The van der Waals surface area contributed by atoms with Gasteiger partial charge in [0.25, 0.3) is 0 Å². The van der Waals surface area contributed by atoms with Crippen molar-refractivity contribution in [3.05, 3.63) is 108 Å². The third-order valence-electron chi connectivity index (χ3n) is 7.00. The van der Waals surface area contributed by atoms with Crippen LogP contribution in [0.5, 0.6) is 0 Å². The predicted molar refractivity (Wildman–Crippen MR) is 173 cm³/mol. The van der Waals surface area contributed by atoms with Crippen LogP contribution in [0.4, 0.5) is 0 Å². The van der Waals surface area contributed by atoms with Gasteiger partial charge in [0.15, 0.2) is 0 Å². The zero-order valence-corrected chi connectivity index (χ0v) is 25.5. The summed E-state index contributed by atoms with van der Waals surface area (Å²) in [6.07, 6.45) is 14.3. The quantitative estimate of drug-likeness (QED) is 0.0637. The minimum absolute atomic E-state index is 0.0283. The van der Waals surface area contributed by atoms with Gasteiger partial charge in [0.1, 0.15) is 0 Å². The molecule has 1 aliphatic rings. The number of aliphatic imine (C=N–C) groups is 1. The fourth-order valence-corrected chi connectivity index (χ4v) is 4.51. The van der Waals surface area contributed by atoms with Crippen molar-refractivity contribution in [2.75, 3.05) is 20.1 Å². The van der Waals surface area contributed by atoms with Crippen LogP contribution >= 0.6 is 0 Å². The second-order valence-corrected chi connectivity index (χ2v) is 11.1. The van der Waals surface area contributed by atoms with Crippen LogP contribution in [0.3, 0.4) is 0 Å². The Kier molecular flexibility index (Phi) is 15.1. The molecule has 1 N–H and O–H groups in total. The largest absolute Gasteiger partial charge is 0.316 e. The number of rotatable bonds is 18.